The van der Waals surface area contributed by atoms with Gasteiger partial charge in [-0.2, -0.15) is 11.8 Å². The highest BCUT2D eigenvalue weighted by atomic mass is 32.2. The summed E-state index contributed by atoms with van der Waals surface area (Å²) in [5, 5.41) is 8.76. The minimum absolute atomic E-state index is 0.00315. The van der Waals surface area contributed by atoms with Crippen LogP contribution in [0.1, 0.15) is 19.3 Å². The molecular weight excluding hydrogens is 160 g/mol. The van der Waals surface area contributed by atoms with E-state index in [-0.39, 0.29) is 11.3 Å². The molecule has 1 aliphatic heterocycles. The first-order chi connectivity index (χ1) is 5.25. The van der Waals surface area contributed by atoms with Gasteiger partial charge in [0.1, 0.15) is 0 Å². The molecule has 2 rings (SSSR count). The van der Waals surface area contributed by atoms with E-state index in [1.54, 1.807) is 0 Å². The Morgan fingerprint density at radius 2 is 2.09 bits per heavy atom. The summed E-state index contributed by atoms with van der Waals surface area (Å²) < 4.78 is 0. The van der Waals surface area contributed by atoms with Crippen molar-refractivity contribution in [1.82, 2.24) is 0 Å². The van der Waals surface area contributed by atoms with Crippen molar-refractivity contribution in [2.45, 2.75) is 19.3 Å². The summed E-state index contributed by atoms with van der Waals surface area (Å²) >= 11 is 1.96. The van der Waals surface area contributed by atoms with E-state index in [0.29, 0.717) is 0 Å². The minimum Gasteiger partial charge on any atom is -0.481 e. The lowest BCUT2D eigenvalue weighted by Crippen LogP contribution is -2.16. The van der Waals surface area contributed by atoms with E-state index in [1.807, 2.05) is 11.8 Å². The molecule has 1 saturated heterocycles. The number of thioether (sulfide) groups is 1. The number of rotatable bonds is 1. The summed E-state index contributed by atoms with van der Waals surface area (Å²) in [5.74, 6) is 1.77. The zero-order chi connectivity index (χ0) is 7.90. The molecule has 2 aliphatic rings. The van der Waals surface area contributed by atoms with E-state index in [2.05, 4.69) is 0 Å². The molecular formula is C8H12O2S. The van der Waals surface area contributed by atoms with E-state index in [4.69, 9.17) is 5.11 Å². The third-order valence-corrected chi connectivity index (χ3v) is 3.96. The molecule has 1 atom stereocenters. The zero-order valence-corrected chi connectivity index (χ0v) is 7.19. The monoisotopic (exact) mass is 172 g/mol. The van der Waals surface area contributed by atoms with Crippen LogP contribution in [0.25, 0.3) is 0 Å². The maximum Gasteiger partial charge on any atom is 0.307 e. The second-order valence-corrected chi connectivity index (χ2v) is 4.79. The first-order valence-electron chi connectivity index (χ1n) is 4.05. The largest absolute Gasteiger partial charge is 0.481 e. The average molecular weight is 172 g/mol. The third-order valence-electron chi connectivity index (χ3n) is 2.98. The maximum atomic E-state index is 10.6. The Kier molecular flexibility index (Phi) is 1.63. The number of carboxylic acid groups (broad SMARTS) is 1. The molecule has 1 aliphatic carbocycles. The van der Waals surface area contributed by atoms with Gasteiger partial charge in [-0.15, -0.1) is 0 Å². The first-order valence-corrected chi connectivity index (χ1v) is 5.21. The van der Waals surface area contributed by atoms with Crippen LogP contribution in [0.5, 0.6) is 0 Å². The molecule has 62 valence electrons. The fourth-order valence-corrected chi connectivity index (χ4v) is 3.33. The molecule has 0 aromatic rings. The second kappa shape index (κ2) is 2.41. The molecule has 3 heteroatoms. The lowest BCUT2D eigenvalue weighted by Gasteiger charge is -2.20. The van der Waals surface area contributed by atoms with E-state index < -0.39 is 5.97 Å². The second-order valence-electron chi connectivity index (χ2n) is 3.57. The van der Waals surface area contributed by atoms with Crippen LogP contribution in [0.4, 0.5) is 0 Å². The molecule has 0 radical (unpaired) electrons. The Bertz CT molecular complexity index is 185. The van der Waals surface area contributed by atoms with E-state index in [1.165, 1.54) is 11.5 Å². The predicted molar refractivity (Wildman–Crippen MR) is 44.7 cm³/mol. The van der Waals surface area contributed by atoms with Crippen LogP contribution in [-0.4, -0.2) is 22.6 Å². The number of carbonyl (C=O) groups is 1. The SMILES string of the molecule is O=C(O)[C@@H]1CC12CCSCC2. The van der Waals surface area contributed by atoms with Gasteiger partial charge < -0.3 is 5.11 Å². The summed E-state index contributed by atoms with van der Waals surface area (Å²) in [4.78, 5) is 10.6. The highest BCUT2D eigenvalue weighted by Crippen LogP contribution is 2.60. The lowest BCUT2D eigenvalue weighted by atomic mass is 9.96. The Hall–Kier alpha value is -0.180. The van der Waals surface area contributed by atoms with Gasteiger partial charge in [0.25, 0.3) is 0 Å². The molecule has 0 aromatic heterocycles. The van der Waals surface area contributed by atoms with Crippen molar-refractivity contribution in [3.05, 3.63) is 0 Å². The molecule has 0 aromatic carbocycles. The number of hydrogen-bond acceptors (Lipinski definition) is 2. The smallest absolute Gasteiger partial charge is 0.307 e. The van der Waals surface area contributed by atoms with Crippen molar-refractivity contribution in [2.24, 2.45) is 11.3 Å². The van der Waals surface area contributed by atoms with E-state index >= 15 is 0 Å². The van der Waals surface area contributed by atoms with Gasteiger partial charge in [0, 0.05) is 0 Å². The Morgan fingerprint density at radius 3 is 2.55 bits per heavy atom. The maximum absolute atomic E-state index is 10.6. The molecule has 1 heterocycles. The zero-order valence-electron chi connectivity index (χ0n) is 6.38. The van der Waals surface area contributed by atoms with Crippen molar-refractivity contribution in [2.75, 3.05) is 11.5 Å². The van der Waals surface area contributed by atoms with Crippen molar-refractivity contribution < 1.29 is 9.90 Å². The molecule has 0 amide bonds. The molecule has 1 spiro atoms. The number of carboxylic acids is 1. The highest BCUT2D eigenvalue weighted by molar-refractivity contribution is 7.99. The van der Waals surface area contributed by atoms with Crippen molar-refractivity contribution >= 4 is 17.7 Å². The summed E-state index contributed by atoms with van der Waals surface area (Å²) in [6, 6.07) is 0. The minimum atomic E-state index is -0.572. The van der Waals surface area contributed by atoms with Crippen LogP contribution < -0.4 is 0 Å². The quantitative estimate of drug-likeness (QED) is 0.653. The number of hydrogen-bond donors (Lipinski definition) is 1. The summed E-state index contributed by atoms with van der Waals surface area (Å²) in [5.41, 5.74) is 0.247. The molecule has 11 heavy (non-hydrogen) atoms. The van der Waals surface area contributed by atoms with Crippen molar-refractivity contribution in [3.63, 3.8) is 0 Å². The number of aliphatic carboxylic acids is 1. The van der Waals surface area contributed by atoms with Gasteiger partial charge in [-0.25, -0.2) is 0 Å². The van der Waals surface area contributed by atoms with Gasteiger partial charge in [-0.3, -0.25) is 4.79 Å². The van der Waals surface area contributed by atoms with Crippen LogP contribution in [0.2, 0.25) is 0 Å². The highest BCUT2D eigenvalue weighted by Gasteiger charge is 2.57. The average Bonchev–Trinajstić information content (AvgIpc) is 2.66. The Balaban J connectivity index is 1.99. The van der Waals surface area contributed by atoms with Gasteiger partial charge >= 0.3 is 5.97 Å². The van der Waals surface area contributed by atoms with Crippen LogP contribution in [0.15, 0.2) is 0 Å². The predicted octanol–water partition coefficient (Wildman–Crippen LogP) is 1.60. The van der Waals surface area contributed by atoms with Crippen molar-refractivity contribution in [1.29, 1.82) is 0 Å². The first kappa shape index (κ1) is 7.47. The van der Waals surface area contributed by atoms with Gasteiger partial charge in [0.15, 0.2) is 0 Å². The van der Waals surface area contributed by atoms with Crippen LogP contribution in [0, 0.1) is 11.3 Å². The standard InChI is InChI=1S/C8H12O2S/c9-7(10)6-5-8(6)1-3-11-4-2-8/h6H,1-5H2,(H,9,10)/t6-/m0/s1. The fourth-order valence-electron chi connectivity index (χ4n) is 2.03. The van der Waals surface area contributed by atoms with Crippen LogP contribution in [-0.2, 0) is 4.79 Å². The topological polar surface area (TPSA) is 37.3 Å². The van der Waals surface area contributed by atoms with Gasteiger partial charge in [-0.05, 0) is 36.2 Å². The molecule has 0 bridgehead atoms. The van der Waals surface area contributed by atoms with E-state index in [9.17, 15) is 4.79 Å². The summed E-state index contributed by atoms with van der Waals surface area (Å²) in [7, 11) is 0. The van der Waals surface area contributed by atoms with Gasteiger partial charge in [0.05, 0.1) is 5.92 Å². The van der Waals surface area contributed by atoms with Crippen LogP contribution >= 0.6 is 11.8 Å². The van der Waals surface area contributed by atoms with Crippen molar-refractivity contribution in [3.8, 4) is 0 Å². The molecule has 0 unspecified atom stereocenters. The lowest BCUT2D eigenvalue weighted by molar-refractivity contribution is -0.139. The normalized spacial score (nSPS) is 33.6. The van der Waals surface area contributed by atoms with E-state index in [0.717, 1.165) is 19.3 Å². The van der Waals surface area contributed by atoms with Crippen LogP contribution in [0.3, 0.4) is 0 Å². The van der Waals surface area contributed by atoms with Gasteiger partial charge in [0.2, 0.25) is 0 Å². The summed E-state index contributed by atoms with van der Waals surface area (Å²) in [6.45, 7) is 0. The molecule has 2 nitrogen and oxygen atoms in total. The molecule has 2 fully saturated rings. The summed E-state index contributed by atoms with van der Waals surface area (Å²) in [6.07, 6.45) is 3.21. The Morgan fingerprint density at radius 1 is 1.45 bits per heavy atom. The molecule has 1 saturated carbocycles. The van der Waals surface area contributed by atoms with Gasteiger partial charge in [-0.1, -0.05) is 0 Å². The third kappa shape index (κ3) is 1.15. The molecule has 1 N–H and O–H groups in total. The Labute approximate surface area is 70.4 Å². The fraction of sp³-hybridized carbons (Fsp3) is 0.875.